The molecule has 1 rings (SSSR count). The summed E-state index contributed by atoms with van der Waals surface area (Å²) in [4.78, 5) is 22.0. The highest BCUT2D eigenvalue weighted by Gasteiger charge is 2.14. The number of benzene rings is 1. The average molecular weight is 203 g/mol. The van der Waals surface area contributed by atoms with Gasteiger partial charge in [0.15, 0.2) is 0 Å². The Kier molecular flexibility index (Phi) is 3.58. The van der Waals surface area contributed by atoms with Gasteiger partial charge >= 0.3 is 5.97 Å². The molecule has 76 valence electrons. The van der Waals surface area contributed by atoms with Crippen LogP contribution in [0.25, 0.3) is 0 Å². The molecule has 0 fully saturated rings. The van der Waals surface area contributed by atoms with Gasteiger partial charge in [0.2, 0.25) is 5.78 Å². The Bertz CT molecular complexity index is 432. The summed E-state index contributed by atoms with van der Waals surface area (Å²) < 4.78 is 4.29. The minimum absolute atomic E-state index is 0.0395. The van der Waals surface area contributed by atoms with Crippen molar-refractivity contribution in [3.8, 4) is 6.07 Å². The van der Waals surface area contributed by atoms with Gasteiger partial charge in [-0.05, 0) is 17.7 Å². The summed E-state index contributed by atoms with van der Waals surface area (Å²) >= 11 is 0. The molecule has 0 amide bonds. The lowest BCUT2D eigenvalue weighted by molar-refractivity contribution is -0.151. The fraction of sp³-hybridized carbons (Fsp3) is 0.182. The van der Waals surface area contributed by atoms with Gasteiger partial charge in [-0.2, -0.15) is 5.26 Å². The number of carbonyl (C=O) groups excluding carboxylic acids is 2. The van der Waals surface area contributed by atoms with E-state index in [4.69, 9.17) is 5.26 Å². The maximum Gasteiger partial charge on any atom is 0.374 e. The van der Waals surface area contributed by atoms with Crippen LogP contribution in [0.4, 0.5) is 0 Å². The van der Waals surface area contributed by atoms with Crippen LogP contribution < -0.4 is 0 Å². The smallest absolute Gasteiger partial charge is 0.374 e. The van der Waals surface area contributed by atoms with Gasteiger partial charge in [0.1, 0.15) is 0 Å². The molecule has 0 unspecified atom stereocenters. The number of rotatable bonds is 3. The molecule has 1 aromatic carbocycles. The summed E-state index contributed by atoms with van der Waals surface area (Å²) in [7, 11) is 1.16. The second-order valence-electron chi connectivity index (χ2n) is 2.90. The van der Waals surface area contributed by atoms with Gasteiger partial charge in [-0.15, -0.1) is 0 Å². The molecule has 0 bridgehead atoms. The van der Waals surface area contributed by atoms with E-state index < -0.39 is 11.8 Å². The van der Waals surface area contributed by atoms with Crippen LogP contribution in [-0.2, 0) is 20.7 Å². The van der Waals surface area contributed by atoms with Gasteiger partial charge in [-0.3, -0.25) is 4.79 Å². The fourth-order valence-corrected chi connectivity index (χ4v) is 1.12. The minimum Gasteiger partial charge on any atom is -0.463 e. The Balaban J connectivity index is 2.77. The molecule has 0 saturated carbocycles. The van der Waals surface area contributed by atoms with Crippen LogP contribution in [0.5, 0.6) is 0 Å². The molecule has 0 aliphatic rings. The van der Waals surface area contributed by atoms with E-state index in [0.717, 1.165) is 7.11 Å². The highest BCUT2D eigenvalue weighted by Crippen LogP contribution is 2.05. The molecule has 15 heavy (non-hydrogen) atoms. The zero-order chi connectivity index (χ0) is 11.3. The first kappa shape index (κ1) is 10.9. The Morgan fingerprint density at radius 3 is 2.80 bits per heavy atom. The van der Waals surface area contributed by atoms with Crippen molar-refractivity contribution in [1.29, 1.82) is 5.26 Å². The van der Waals surface area contributed by atoms with E-state index in [-0.39, 0.29) is 6.42 Å². The van der Waals surface area contributed by atoms with E-state index in [1.807, 2.05) is 6.07 Å². The van der Waals surface area contributed by atoms with Gasteiger partial charge in [0.25, 0.3) is 0 Å². The third kappa shape index (κ3) is 2.92. The van der Waals surface area contributed by atoms with Crippen molar-refractivity contribution >= 4 is 11.8 Å². The molecule has 0 atom stereocenters. The number of methoxy groups -OCH3 is 1. The highest BCUT2D eigenvalue weighted by atomic mass is 16.5. The topological polar surface area (TPSA) is 67.2 Å². The molecule has 4 nitrogen and oxygen atoms in total. The molecular formula is C11H9NO3. The van der Waals surface area contributed by atoms with E-state index in [1.165, 1.54) is 0 Å². The molecule has 0 aliphatic heterocycles. The fourth-order valence-electron chi connectivity index (χ4n) is 1.12. The minimum atomic E-state index is -0.864. The van der Waals surface area contributed by atoms with Gasteiger partial charge in [0.05, 0.1) is 18.7 Å². The standard InChI is InChI=1S/C11H9NO3/c1-15-11(14)10(13)6-8-3-2-4-9(5-8)7-12/h2-5H,6H2,1H3. The molecule has 0 aromatic heterocycles. The van der Waals surface area contributed by atoms with Crippen LogP contribution in [0.3, 0.4) is 0 Å². The van der Waals surface area contributed by atoms with Crippen molar-refractivity contribution in [3.05, 3.63) is 35.4 Å². The van der Waals surface area contributed by atoms with E-state index in [2.05, 4.69) is 4.74 Å². The number of hydrogen-bond donors (Lipinski definition) is 0. The van der Waals surface area contributed by atoms with Crippen LogP contribution in [0.2, 0.25) is 0 Å². The maximum absolute atomic E-state index is 11.2. The SMILES string of the molecule is COC(=O)C(=O)Cc1cccc(C#N)c1. The molecule has 0 radical (unpaired) electrons. The lowest BCUT2D eigenvalue weighted by Gasteiger charge is -1.99. The van der Waals surface area contributed by atoms with Crippen LogP contribution in [-0.4, -0.2) is 18.9 Å². The number of nitrogens with zero attached hydrogens (tertiary/aromatic N) is 1. The Hall–Kier alpha value is -2.15. The van der Waals surface area contributed by atoms with Crippen molar-refractivity contribution in [3.63, 3.8) is 0 Å². The molecule has 0 saturated heterocycles. The van der Waals surface area contributed by atoms with Gasteiger partial charge in [0, 0.05) is 6.42 Å². The number of esters is 1. The van der Waals surface area contributed by atoms with Crippen molar-refractivity contribution in [1.82, 2.24) is 0 Å². The Morgan fingerprint density at radius 1 is 1.47 bits per heavy atom. The Labute approximate surface area is 87.1 Å². The van der Waals surface area contributed by atoms with Crippen molar-refractivity contribution in [2.24, 2.45) is 0 Å². The first-order chi connectivity index (χ1) is 7.17. The number of nitriles is 1. The number of ether oxygens (including phenoxy) is 1. The van der Waals surface area contributed by atoms with E-state index in [9.17, 15) is 9.59 Å². The zero-order valence-electron chi connectivity index (χ0n) is 8.19. The summed E-state index contributed by atoms with van der Waals surface area (Å²) in [6.07, 6.45) is -0.0395. The molecule has 0 aliphatic carbocycles. The monoisotopic (exact) mass is 203 g/mol. The predicted molar refractivity (Wildman–Crippen MR) is 51.9 cm³/mol. The highest BCUT2D eigenvalue weighted by molar-refractivity contribution is 6.34. The van der Waals surface area contributed by atoms with Gasteiger partial charge < -0.3 is 4.74 Å². The van der Waals surface area contributed by atoms with Crippen LogP contribution >= 0.6 is 0 Å². The van der Waals surface area contributed by atoms with Crippen molar-refractivity contribution in [2.75, 3.05) is 7.11 Å². The van der Waals surface area contributed by atoms with Gasteiger partial charge in [-0.25, -0.2) is 4.79 Å². The third-order valence-corrected chi connectivity index (χ3v) is 1.83. The van der Waals surface area contributed by atoms with E-state index in [1.54, 1.807) is 24.3 Å². The summed E-state index contributed by atoms with van der Waals surface area (Å²) in [5.41, 5.74) is 1.09. The molecular weight excluding hydrogens is 194 g/mol. The average Bonchev–Trinajstić information content (AvgIpc) is 2.28. The Morgan fingerprint density at radius 2 is 2.20 bits per heavy atom. The van der Waals surface area contributed by atoms with E-state index >= 15 is 0 Å². The number of carbonyl (C=O) groups is 2. The maximum atomic E-state index is 11.2. The summed E-state index contributed by atoms with van der Waals surface area (Å²) in [6, 6.07) is 8.51. The van der Waals surface area contributed by atoms with Crippen molar-refractivity contribution < 1.29 is 14.3 Å². The summed E-state index contributed by atoms with van der Waals surface area (Å²) in [6.45, 7) is 0. The lowest BCUT2D eigenvalue weighted by atomic mass is 10.1. The summed E-state index contributed by atoms with van der Waals surface area (Å²) in [5, 5.41) is 8.62. The predicted octanol–water partition coefficient (Wildman–Crippen LogP) is 0.843. The largest absolute Gasteiger partial charge is 0.463 e. The molecule has 0 heterocycles. The first-order valence-corrected chi connectivity index (χ1v) is 4.27. The van der Waals surface area contributed by atoms with Crippen LogP contribution in [0.1, 0.15) is 11.1 Å². The second kappa shape index (κ2) is 4.91. The quantitative estimate of drug-likeness (QED) is 0.539. The second-order valence-corrected chi connectivity index (χ2v) is 2.90. The van der Waals surface area contributed by atoms with E-state index in [0.29, 0.717) is 11.1 Å². The number of hydrogen-bond acceptors (Lipinski definition) is 4. The summed E-state index contributed by atoms with van der Waals surface area (Å²) in [5.74, 6) is -1.48. The van der Waals surface area contributed by atoms with Crippen LogP contribution in [0.15, 0.2) is 24.3 Å². The molecule has 4 heteroatoms. The van der Waals surface area contributed by atoms with Crippen molar-refractivity contribution in [2.45, 2.75) is 6.42 Å². The number of Topliss-reactive ketones (excluding diaryl/α,β-unsaturated/α-hetero) is 1. The molecule has 0 spiro atoms. The first-order valence-electron chi connectivity index (χ1n) is 4.27. The van der Waals surface area contributed by atoms with Crippen LogP contribution in [0, 0.1) is 11.3 Å². The molecule has 0 N–H and O–H groups in total. The van der Waals surface area contributed by atoms with Gasteiger partial charge in [-0.1, -0.05) is 12.1 Å². The zero-order valence-corrected chi connectivity index (χ0v) is 8.19. The third-order valence-electron chi connectivity index (χ3n) is 1.83. The normalized spacial score (nSPS) is 9.07. The molecule has 1 aromatic rings. The number of ketones is 1. The lowest BCUT2D eigenvalue weighted by Crippen LogP contribution is -2.17.